The Bertz CT molecular complexity index is 523. The van der Waals surface area contributed by atoms with Crippen molar-refractivity contribution in [3.05, 3.63) is 46.0 Å². The van der Waals surface area contributed by atoms with Crippen LogP contribution in [0.5, 0.6) is 0 Å². The van der Waals surface area contributed by atoms with Crippen LogP contribution in [-0.2, 0) is 6.42 Å². The molecule has 1 N–H and O–H groups in total. The number of hydrogen-bond acceptors (Lipinski definition) is 5. The molecule has 0 saturated carbocycles. The van der Waals surface area contributed by atoms with Crippen molar-refractivity contribution in [1.29, 1.82) is 0 Å². The number of hydrogen-bond donors (Lipinski definition) is 1. The fourth-order valence-electron chi connectivity index (χ4n) is 1.61. The van der Waals surface area contributed by atoms with Gasteiger partial charge in [0, 0.05) is 21.9 Å². The maximum absolute atomic E-state index is 11.3. The number of thioether (sulfide) groups is 1. The van der Waals surface area contributed by atoms with Gasteiger partial charge in [-0.2, -0.15) is 5.17 Å². The maximum Gasteiger partial charge on any atom is 0.279 e. The lowest BCUT2D eigenvalue weighted by molar-refractivity contribution is -0.755. The average molecular weight is 231 g/mol. The van der Waals surface area contributed by atoms with Gasteiger partial charge in [-0.05, 0) is 11.6 Å². The van der Waals surface area contributed by atoms with Crippen LogP contribution in [0.15, 0.2) is 50.3 Å². The second kappa shape index (κ2) is 3.82. The lowest BCUT2D eigenvalue weighted by Crippen LogP contribution is -3.04. The number of nitrogens with one attached hydrogen (secondary N) is 1. The van der Waals surface area contributed by atoms with Crippen molar-refractivity contribution in [1.82, 2.24) is 0 Å². The molecule has 2 aliphatic heterocycles. The number of quaternary nitrogens is 1. The maximum atomic E-state index is 11.3. The van der Waals surface area contributed by atoms with Gasteiger partial charge in [0.2, 0.25) is 0 Å². The van der Waals surface area contributed by atoms with Gasteiger partial charge in [0.25, 0.3) is 5.84 Å². The average Bonchev–Trinajstić information content (AvgIpc) is 2.75. The van der Waals surface area contributed by atoms with Crippen molar-refractivity contribution in [3.8, 4) is 0 Å². The van der Waals surface area contributed by atoms with Gasteiger partial charge in [0.05, 0.1) is 10.8 Å². The molecule has 0 aromatic heterocycles. The van der Waals surface area contributed by atoms with Gasteiger partial charge in [-0.15, -0.1) is 0 Å². The summed E-state index contributed by atoms with van der Waals surface area (Å²) in [4.78, 5) is 1.17. The molecule has 0 aliphatic carbocycles. The van der Waals surface area contributed by atoms with Crippen molar-refractivity contribution in [3.63, 3.8) is 0 Å². The van der Waals surface area contributed by atoms with E-state index in [0.717, 1.165) is 5.57 Å². The quantitative estimate of drug-likeness (QED) is 0.735. The molecule has 16 heavy (non-hydrogen) atoms. The smallest absolute Gasteiger partial charge is 0.279 e. The van der Waals surface area contributed by atoms with Crippen molar-refractivity contribution in [2.75, 3.05) is 0 Å². The summed E-state index contributed by atoms with van der Waals surface area (Å²) >= 11 is 1.48. The predicted molar refractivity (Wildman–Crippen MR) is 59.4 cm³/mol. The Kier molecular flexibility index (Phi) is 2.32. The zero-order chi connectivity index (χ0) is 11.0. The summed E-state index contributed by atoms with van der Waals surface area (Å²) in [5.41, 5.74) is 1.96. The van der Waals surface area contributed by atoms with E-state index in [2.05, 4.69) is 21.0 Å². The van der Waals surface area contributed by atoms with E-state index in [1.165, 1.54) is 22.2 Å². The highest BCUT2D eigenvalue weighted by atomic mass is 32.2. The third kappa shape index (κ3) is 1.57. The van der Waals surface area contributed by atoms with Crippen LogP contribution in [0, 0.1) is 10.6 Å². The fraction of sp³-hybridized carbons (Fsp3) is 0.100. The summed E-state index contributed by atoms with van der Waals surface area (Å²) in [5.74, 6) is 0.321. The number of hydroxylamine groups is 1. The van der Waals surface area contributed by atoms with Gasteiger partial charge in [0.1, 0.15) is 0 Å². The van der Waals surface area contributed by atoms with Gasteiger partial charge in [-0.1, -0.05) is 35.1 Å². The standard InChI is InChI=1S/C10H7N4OS/c15-14-10(11-12-13-14)8-5-7-3-1-2-4-9(7)16-6-8/h1-4,14H,5H2. The highest BCUT2D eigenvalue weighted by molar-refractivity contribution is 8.01. The van der Waals surface area contributed by atoms with E-state index in [4.69, 9.17) is 0 Å². The minimum atomic E-state index is -0.373. The van der Waals surface area contributed by atoms with Crippen LogP contribution in [0.4, 0.5) is 0 Å². The zero-order valence-corrected chi connectivity index (χ0v) is 8.99. The van der Waals surface area contributed by atoms with Crippen LogP contribution in [-0.4, -0.2) is 5.84 Å². The van der Waals surface area contributed by atoms with Gasteiger partial charge in [0.15, 0.2) is 0 Å². The first-order chi connectivity index (χ1) is 7.84. The molecule has 0 amide bonds. The molecule has 2 heterocycles. The molecular formula is C10H7N4OS. The lowest BCUT2D eigenvalue weighted by atomic mass is 10.1. The summed E-state index contributed by atoms with van der Waals surface area (Å²) in [6, 6.07) is 8.05. The Morgan fingerprint density at radius 3 is 3.06 bits per heavy atom. The molecule has 1 atom stereocenters. The SMILES string of the molecule is [O-][NH+]1N=NN=C1C1=[C]Sc2ccccc2C1. The van der Waals surface area contributed by atoms with Gasteiger partial charge in [-0.25, -0.2) is 0 Å². The van der Waals surface area contributed by atoms with E-state index >= 15 is 0 Å². The Labute approximate surface area is 96.1 Å². The molecule has 6 heteroatoms. The summed E-state index contributed by atoms with van der Waals surface area (Å²) in [7, 11) is 0. The number of amidine groups is 1. The molecule has 1 aromatic rings. The van der Waals surface area contributed by atoms with Crippen LogP contribution in [0.1, 0.15) is 5.56 Å². The van der Waals surface area contributed by atoms with E-state index < -0.39 is 0 Å². The molecule has 5 nitrogen and oxygen atoms in total. The van der Waals surface area contributed by atoms with Gasteiger partial charge < -0.3 is 5.21 Å². The zero-order valence-electron chi connectivity index (χ0n) is 8.17. The second-order valence-corrected chi connectivity index (χ2v) is 4.26. The lowest BCUT2D eigenvalue weighted by Gasteiger charge is -2.16. The molecule has 0 spiro atoms. The minimum Gasteiger partial charge on any atom is -0.598 e. The van der Waals surface area contributed by atoms with E-state index in [1.807, 2.05) is 24.3 Å². The Morgan fingerprint density at radius 1 is 1.38 bits per heavy atom. The molecule has 0 fully saturated rings. The third-order valence-corrected chi connectivity index (χ3v) is 3.36. The van der Waals surface area contributed by atoms with E-state index in [1.54, 1.807) is 0 Å². The van der Waals surface area contributed by atoms with E-state index in [0.29, 0.717) is 12.3 Å². The van der Waals surface area contributed by atoms with Crippen LogP contribution in [0.3, 0.4) is 0 Å². The van der Waals surface area contributed by atoms with Crippen LogP contribution >= 0.6 is 11.8 Å². The van der Waals surface area contributed by atoms with Crippen molar-refractivity contribution in [2.24, 2.45) is 15.5 Å². The fourth-order valence-corrected chi connectivity index (χ4v) is 2.43. The number of nitrogens with zero attached hydrogens (tertiary/aromatic N) is 3. The summed E-state index contributed by atoms with van der Waals surface area (Å²) < 4.78 is 0. The monoisotopic (exact) mass is 231 g/mol. The number of benzene rings is 1. The molecular weight excluding hydrogens is 224 g/mol. The molecule has 1 radical (unpaired) electrons. The Balaban J connectivity index is 1.90. The molecule has 1 unspecified atom stereocenters. The topological polar surface area (TPSA) is 64.6 Å². The first-order valence-electron chi connectivity index (χ1n) is 4.74. The first-order valence-corrected chi connectivity index (χ1v) is 5.56. The van der Waals surface area contributed by atoms with Gasteiger partial charge >= 0.3 is 0 Å². The molecule has 79 valence electrons. The third-order valence-electron chi connectivity index (χ3n) is 2.39. The predicted octanol–water partition coefficient (Wildman–Crippen LogP) is 1.10. The van der Waals surface area contributed by atoms with Crippen LogP contribution in [0.25, 0.3) is 0 Å². The number of fused-ring (bicyclic) bond motifs is 1. The van der Waals surface area contributed by atoms with Gasteiger partial charge in [-0.3, -0.25) is 0 Å². The highest BCUT2D eigenvalue weighted by Crippen LogP contribution is 2.31. The van der Waals surface area contributed by atoms with Crippen molar-refractivity contribution >= 4 is 17.6 Å². The van der Waals surface area contributed by atoms with Crippen LogP contribution in [0.2, 0.25) is 0 Å². The van der Waals surface area contributed by atoms with E-state index in [-0.39, 0.29) is 5.17 Å². The second-order valence-electron chi connectivity index (χ2n) is 3.41. The Hall–Kier alpha value is -1.50. The minimum absolute atomic E-state index is 0.321. The molecule has 0 saturated heterocycles. The molecule has 1 aromatic carbocycles. The highest BCUT2D eigenvalue weighted by Gasteiger charge is 2.24. The summed E-state index contributed by atoms with van der Waals surface area (Å²) in [6.07, 6.45) is 0.665. The summed E-state index contributed by atoms with van der Waals surface area (Å²) in [6.45, 7) is 0. The Morgan fingerprint density at radius 2 is 2.25 bits per heavy atom. The molecule has 2 aliphatic rings. The normalized spacial score (nSPS) is 22.7. The molecule has 3 rings (SSSR count). The largest absolute Gasteiger partial charge is 0.598 e. The number of rotatable bonds is 1. The molecule has 0 bridgehead atoms. The van der Waals surface area contributed by atoms with E-state index in [9.17, 15) is 5.21 Å². The first kappa shape index (κ1) is 9.71. The summed E-state index contributed by atoms with van der Waals surface area (Å²) in [5, 5.41) is 24.5. The van der Waals surface area contributed by atoms with Crippen LogP contribution < -0.4 is 5.17 Å². The van der Waals surface area contributed by atoms with Crippen molar-refractivity contribution in [2.45, 2.75) is 11.3 Å². The van der Waals surface area contributed by atoms with Crippen molar-refractivity contribution < 1.29 is 5.17 Å².